The minimum atomic E-state index is -2.96. The van der Waals surface area contributed by atoms with Crippen LogP contribution in [0.25, 0.3) is 0 Å². The van der Waals surface area contributed by atoms with Crippen molar-refractivity contribution in [2.24, 2.45) is 0 Å². The number of morpholine rings is 1. The van der Waals surface area contributed by atoms with Crippen LogP contribution >= 0.6 is 22.9 Å². The van der Waals surface area contributed by atoms with E-state index in [1.807, 2.05) is 62.1 Å². The summed E-state index contributed by atoms with van der Waals surface area (Å²) in [5, 5.41) is 13.9. The highest BCUT2D eigenvalue weighted by Crippen LogP contribution is 2.41. The fourth-order valence-corrected chi connectivity index (χ4v) is 11.7. The third-order valence-electron chi connectivity index (χ3n) is 7.90. The molecule has 1 aliphatic rings. The van der Waals surface area contributed by atoms with E-state index in [0.717, 1.165) is 15.4 Å². The van der Waals surface area contributed by atoms with Crippen molar-refractivity contribution in [2.75, 3.05) is 18.0 Å². The lowest BCUT2D eigenvalue weighted by Crippen LogP contribution is -2.66. The van der Waals surface area contributed by atoms with E-state index in [1.54, 1.807) is 6.20 Å². The predicted molar refractivity (Wildman–Crippen MR) is 175 cm³/mol. The number of pyridine rings is 1. The van der Waals surface area contributed by atoms with Crippen LogP contribution in [-0.2, 0) is 15.8 Å². The third kappa shape index (κ3) is 6.29. The average molecular weight is 640 g/mol. The molecular weight excluding hydrogens is 601 g/mol. The van der Waals surface area contributed by atoms with Gasteiger partial charge in [0.1, 0.15) is 16.8 Å². The summed E-state index contributed by atoms with van der Waals surface area (Å²) in [5.74, 6) is -0.740. The maximum absolute atomic E-state index is 16.1. The first-order chi connectivity index (χ1) is 20.4. The molecule has 3 heterocycles. The fraction of sp³-hybridized carbons (Fsp3) is 0.394. The monoisotopic (exact) mass is 639 g/mol. The summed E-state index contributed by atoms with van der Waals surface area (Å²) >= 11 is 8.18. The van der Waals surface area contributed by atoms with Crippen molar-refractivity contribution in [3.05, 3.63) is 99.0 Å². The number of nitrogens with zero attached hydrogens (tertiary/aromatic N) is 3. The third-order valence-corrected chi connectivity index (χ3v) is 14.2. The largest absolute Gasteiger partial charge is 0.401 e. The molecule has 2 aromatic carbocycles. The van der Waals surface area contributed by atoms with Crippen LogP contribution in [-0.4, -0.2) is 48.7 Å². The van der Waals surface area contributed by atoms with Crippen molar-refractivity contribution in [1.82, 2.24) is 9.97 Å². The van der Waals surface area contributed by atoms with Crippen molar-refractivity contribution >= 4 is 47.3 Å². The molecule has 228 valence electrons. The van der Waals surface area contributed by atoms with Gasteiger partial charge in [-0.2, -0.15) is 0 Å². The van der Waals surface area contributed by atoms with Crippen LogP contribution in [0.3, 0.4) is 0 Å². The number of hydrogen-bond acceptors (Lipinski definition) is 7. The molecule has 0 amide bonds. The number of rotatable bonds is 8. The SMILES string of the molecule is Cc1ncc(C(O)c2nc(CO[Si](c3ccccc3)(c3ccccc3)C(C)(C)C)c(N3C[C@@H](C)O[C@@H](C)C3)c(Cl)c2F)s1. The second kappa shape index (κ2) is 12.8. The van der Waals surface area contributed by atoms with Gasteiger partial charge in [0, 0.05) is 19.3 Å². The molecule has 6 nitrogen and oxygen atoms in total. The highest BCUT2D eigenvalue weighted by Gasteiger charge is 2.50. The Kier molecular flexibility index (Phi) is 9.42. The number of aliphatic hydroxyl groups is 1. The highest BCUT2D eigenvalue weighted by atomic mass is 35.5. The van der Waals surface area contributed by atoms with Gasteiger partial charge in [-0.1, -0.05) is 93.0 Å². The van der Waals surface area contributed by atoms with Crippen LogP contribution in [0, 0.1) is 12.7 Å². The van der Waals surface area contributed by atoms with E-state index in [0.29, 0.717) is 29.3 Å². The van der Waals surface area contributed by atoms with Crippen LogP contribution in [0.4, 0.5) is 10.1 Å². The molecule has 3 atom stereocenters. The van der Waals surface area contributed by atoms with Crippen LogP contribution in [0.5, 0.6) is 0 Å². The molecule has 0 aliphatic carbocycles. The van der Waals surface area contributed by atoms with Gasteiger partial charge in [0.2, 0.25) is 0 Å². The van der Waals surface area contributed by atoms with Crippen LogP contribution in [0.15, 0.2) is 66.9 Å². The minimum Gasteiger partial charge on any atom is -0.401 e. The Balaban J connectivity index is 1.67. The zero-order chi connectivity index (χ0) is 30.9. The van der Waals surface area contributed by atoms with E-state index in [-0.39, 0.29) is 34.6 Å². The molecule has 1 aliphatic heterocycles. The number of aryl methyl sites for hydroxylation is 1. The number of halogens is 2. The molecule has 1 fully saturated rings. The summed E-state index contributed by atoms with van der Waals surface area (Å²) in [5.41, 5.74) is 0.833. The maximum Gasteiger partial charge on any atom is 0.261 e. The first kappa shape index (κ1) is 31.8. The molecule has 0 spiro atoms. The van der Waals surface area contributed by atoms with Gasteiger partial charge in [-0.15, -0.1) is 11.3 Å². The van der Waals surface area contributed by atoms with Gasteiger partial charge >= 0.3 is 0 Å². The topological polar surface area (TPSA) is 67.7 Å². The summed E-state index contributed by atoms with van der Waals surface area (Å²) in [6, 6.07) is 20.7. The molecule has 0 radical (unpaired) electrons. The first-order valence-electron chi connectivity index (χ1n) is 14.6. The molecule has 1 unspecified atom stereocenters. The summed E-state index contributed by atoms with van der Waals surface area (Å²) in [7, 11) is -2.96. The molecule has 10 heteroatoms. The maximum atomic E-state index is 16.1. The predicted octanol–water partition coefficient (Wildman–Crippen LogP) is 6.41. The zero-order valence-corrected chi connectivity index (χ0v) is 28.0. The van der Waals surface area contributed by atoms with Crippen molar-refractivity contribution < 1.29 is 18.7 Å². The van der Waals surface area contributed by atoms with Crippen molar-refractivity contribution in [3.8, 4) is 0 Å². The normalized spacial score (nSPS) is 18.6. The molecule has 1 saturated heterocycles. The van der Waals surface area contributed by atoms with Gasteiger partial charge in [0.05, 0.1) is 40.1 Å². The van der Waals surface area contributed by atoms with Gasteiger partial charge in [-0.3, -0.25) is 0 Å². The van der Waals surface area contributed by atoms with Crippen molar-refractivity contribution in [2.45, 2.75) is 71.5 Å². The van der Waals surface area contributed by atoms with E-state index in [1.165, 1.54) is 11.3 Å². The van der Waals surface area contributed by atoms with E-state index >= 15 is 4.39 Å². The second-order valence-electron chi connectivity index (χ2n) is 12.2. The smallest absolute Gasteiger partial charge is 0.261 e. The van der Waals surface area contributed by atoms with Crippen molar-refractivity contribution in [1.29, 1.82) is 0 Å². The Bertz CT molecular complexity index is 1500. The number of anilines is 1. The van der Waals surface area contributed by atoms with Crippen LogP contribution in [0.2, 0.25) is 10.1 Å². The van der Waals surface area contributed by atoms with E-state index in [9.17, 15) is 5.11 Å². The van der Waals surface area contributed by atoms with Crippen LogP contribution in [0.1, 0.15) is 62.0 Å². The molecule has 4 aromatic rings. The molecule has 0 bridgehead atoms. The summed E-state index contributed by atoms with van der Waals surface area (Å²) < 4.78 is 29.3. The van der Waals surface area contributed by atoms with Gasteiger partial charge in [0.25, 0.3) is 8.32 Å². The Labute approximate surface area is 263 Å². The fourth-order valence-electron chi connectivity index (χ4n) is 6.13. The number of ether oxygens (including phenoxy) is 1. The minimum absolute atomic E-state index is 0.0736. The molecule has 43 heavy (non-hydrogen) atoms. The van der Waals surface area contributed by atoms with Crippen LogP contribution < -0.4 is 15.3 Å². The van der Waals surface area contributed by atoms with E-state index in [2.05, 4.69) is 50.0 Å². The summed E-state index contributed by atoms with van der Waals surface area (Å²) in [4.78, 5) is 11.6. The van der Waals surface area contributed by atoms with Gasteiger partial charge in [-0.25, -0.2) is 14.4 Å². The number of aromatic nitrogens is 2. The Morgan fingerprint density at radius 3 is 2.12 bits per heavy atom. The van der Waals surface area contributed by atoms with Crippen molar-refractivity contribution in [3.63, 3.8) is 0 Å². The van der Waals surface area contributed by atoms with E-state index in [4.69, 9.17) is 25.7 Å². The number of aliphatic hydroxyl groups excluding tert-OH is 1. The summed E-state index contributed by atoms with van der Waals surface area (Å²) in [6.07, 6.45) is 0.0710. The Morgan fingerprint density at radius 2 is 1.63 bits per heavy atom. The zero-order valence-electron chi connectivity index (χ0n) is 25.5. The lowest BCUT2D eigenvalue weighted by Gasteiger charge is -2.43. The molecule has 1 N–H and O–H groups in total. The average Bonchev–Trinajstić information content (AvgIpc) is 3.41. The lowest BCUT2D eigenvalue weighted by atomic mass is 10.1. The highest BCUT2D eigenvalue weighted by molar-refractivity contribution is 7.11. The van der Waals surface area contributed by atoms with Gasteiger partial charge < -0.3 is 19.2 Å². The molecular formula is C33H39ClFN3O3SSi. The number of benzene rings is 2. The van der Waals surface area contributed by atoms with E-state index < -0.39 is 20.2 Å². The quantitative estimate of drug-likeness (QED) is 0.225. The molecule has 5 rings (SSSR count). The Hall–Kier alpha value is -2.66. The second-order valence-corrected chi connectivity index (χ2v) is 18.2. The standard InChI is InChI=1S/C33H39ClFN3O3SSi/c1-21-18-38(19-22(2)41-21)31-26(37-30(29(35)28(31)34)32(39)27-17-36-23(3)42-27)20-40-43(33(4,5)6,24-13-9-7-10-14-24)25-15-11-8-12-16-25/h7-17,21-22,32,39H,18-20H2,1-6H3/t21-,22+,32?. The summed E-state index contributed by atoms with van der Waals surface area (Å²) in [6.45, 7) is 13.6. The van der Waals surface area contributed by atoms with Gasteiger partial charge in [0.15, 0.2) is 5.82 Å². The molecule has 0 saturated carbocycles. The number of thiazole rings is 1. The first-order valence-corrected chi connectivity index (χ1v) is 17.7. The molecule has 2 aromatic heterocycles. The van der Waals surface area contributed by atoms with Gasteiger partial charge in [-0.05, 0) is 36.2 Å². The Morgan fingerprint density at radius 1 is 1.07 bits per heavy atom. The lowest BCUT2D eigenvalue weighted by molar-refractivity contribution is -0.00536. The number of hydrogen-bond donors (Lipinski definition) is 1.